The second-order valence-corrected chi connectivity index (χ2v) is 4.83. The average molecular weight is 258 g/mol. The molecule has 2 N–H and O–H groups in total. The SMILES string of the molecule is CCC[C@H](O)CCCCCCC(=O)CCC(=O)O. The third-order valence-electron chi connectivity index (χ3n) is 2.98. The number of carbonyl (C=O) groups is 2. The zero-order valence-corrected chi connectivity index (χ0v) is 11.4. The Morgan fingerprint density at radius 1 is 0.944 bits per heavy atom. The highest BCUT2D eigenvalue weighted by atomic mass is 16.4. The molecule has 0 aromatic carbocycles. The van der Waals surface area contributed by atoms with Crippen LogP contribution < -0.4 is 0 Å². The van der Waals surface area contributed by atoms with Crippen molar-refractivity contribution in [3.8, 4) is 0 Å². The molecule has 0 saturated heterocycles. The van der Waals surface area contributed by atoms with Crippen molar-refractivity contribution in [2.75, 3.05) is 0 Å². The van der Waals surface area contributed by atoms with Gasteiger partial charge < -0.3 is 10.2 Å². The predicted molar refractivity (Wildman–Crippen MR) is 70.5 cm³/mol. The number of carboxylic acid groups (broad SMARTS) is 1. The largest absolute Gasteiger partial charge is 0.481 e. The zero-order chi connectivity index (χ0) is 13.8. The number of carbonyl (C=O) groups excluding carboxylic acids is 1. The topological polar surface area (TPSA) is 74.6 Å². The van der Waals surface area contributed by atoms with Crippen LogP contribution in [0.4, 0.5) is 0 Å². The van der Waals surface area contributed by atoms with E-state index in [0.29, 0.717) is 6.42 Å². The Morgan fingerprint density at radius 3 is 2.22 bits per heavy atom. The molecule has 0 fully saturated rings. The Bertz CT molecular complexity index is 238. The summed E-state index contributed by atoms with van der Waals surface area (Å²) in [5, 5.41) is 17.9. The van der Waals surface area contributed by atoms with Gasteiger partial charge in [-0.2, -0.15) is 0 Å². The number of hydrogen-bond acceptors (Lipinski definition) is 3. The number of aliphatic carboxylic acids is 1. The minimum Gasteiger partial charge on any atom is -0.481 e. The van der Waals surface area contributed by atoms with Gasteiger partial charge in [0, 0.05) is 12.8 Å². The molecule has 0 unspecified atom stereocenters. The van der Waals surface area contributed by atoms with Gasteiger partial charge in [-0.1, -0.05) is 32.6 Å². The van der Waals surface area contributed by atoms with Crippen LogP contribution in [0.5, 0.6) is 0 Å². The van der Waals surface area contributed by atoms with Gasteiger partial charge in [-0.05, 0) is 19.3 Å². The summed E-state index contributed by atoms with van der Waals surface area (Å²) in [5.41, 5.74) is 0. The Hall–Kier alpha value is -0.900. The van der Waals surface area contributed by atoms with Crippen molar-refractivity contribution in [2.45, 2.75) is 77.2 Å². The molecule has 4 nitrogen and oxygen atoms in total. The lowest BCUT2D eigenvalue weighted by Gasteiger charge is -2.08. The summed E-state index contributed by atoms with van der Waals surface area (Å²) in [5.74, 6) is -0.864. The van der Waals surface area contributed by atoms with Crippen LogP contribution in [0.15, 0.2) is 0 Å². The Morgan fingerprint density at radius 2 is 1.61 bits per heavy atom. The molecule has 4 heteroatoms. The van der Waals surface area contributed by atoms with E-state index in [1.165, 1.54) is 0 Å². The maximum atomic E-state index is 11.3. The maximum Gasteiger partial charge on any atom is 0.303 e. The van der Waals surface area contributed by atoms with E-state index in [1.807, 2.05) is 0 Å². The van der Waals surface area contributed by atoms with E-state index >= 15 is 0 Å². The van der Waals surface area contributed by atoms with Crippen LogP contribution in [0, 0.1) is 0 Å². The molecule has 106 valence electrons. The van der Waals surface area contributed by atoms with E-state index in [4.69, 9.17) is 5.11 Å². The first kappa shape index (κ1) is 17.1. The summed E-state index contributed by atoms with van der Waals surface area (Å²) < 4.78 is 0. The molecule has 0 amide bonds. The van der Waals surface area contributed by atoms with Gasteiger partial charge in [0.15, 0.2) is 0 Å². The van der Waals surface area contributed by atoms with Gasteiger partial charge in [0.1, 0.15) is 5.78 Å². The maximum absolute atomic E-state index is 11.3. The molecule has 0 radical (unpaired) electrons. The fourth-order valence-electron chi connectivity index (χ4n) is 1.90. The molecule has 0 aromatic heterocycles. The summed E-state index contributed by atoms with van der Waals surface area (Å²) >= 11 is 0. The molecule has 0 bridgehead atoms. The van der Waals surface area contributed by atoms with Gasteiger partial charge in [0.25, 0.3) is 0 Å². The van der Waals surface area contributed by atoms with E-state index in [9.17, 15) is 14.7 Å². The number of unbranched alkanes of at least 4 members (excludes halogenated alkanes) is 3. The van der Waals surface area contributed by atoms with Crippen LogP contribution in [0.2, 0.25) is 0 Å². The summed E-state index contributed by atoms with van der Waals surface area (Å²) in [4.78, 5) is 21.5. The summed E-state index contributed by atoms with van der Waals surface area (Å²) in [6.07, 6.45) is 7.01. The molecule has 0 aromatic rings. The van der Waals surface area contributed by atoms with Gasteiger partial charge >= 0.3 is 5.97 Å². The normalized spacial score (nSPS) is 12.3. The zero-order valence-electron chi connectivity index (χ0n) is 11.4. The van der Waals surface area contributed by atoms with E-state index < -0.39 is 5.97 Å². The van der Waals surface area contributed by atoms with E-state index in [-0.39, 0.29) is 24.7 Å². The molecule has 0 aliphatic carbocycles. The van der Waals surface area contributed by atoms with Crippen molar-refractivity contribution in [1.82, 2.24) is 0 Å². The van der Waals surface area contributed by atoms with Gasteiger partial charge in [-0.15, -0.1) is 0 Å². The molecule has 0 spiro atoms. The number of aliphatic hydroxyl groups is 1. The minimum atomic E-state index is -0.909. The number of carboxylic acids is 1. The lowest BCUT2D eigenvalue weighted by molar-refractivity contribution is -0.138. The first-order valence-electron chi connectivity index (χ1n) is 6.97. The highest BCUT2D eigenvalue weighted by molar-refractivity contribution is 5.82. The van der Waals surface area contributed by atoms with Crippen molar-refractivity contribution in [3.63, 3.8) is 0 Å². The quantitative estimate of drug-likeness (QED) is 0.528. The van der Waals surface area contributed by atoms with E-state index in [2.05, 4.69) is 6.92 Å². The molecule has 1 atom stereocenters. The summed E-state index contributed by atoms with van der Waals surface area (Å²) in [7, 11) is 0. The first-order chi connectivity index (χ1) is 8.56. The minimum absolute atomic E-state index is 0.0448. The van der Waals surface area contributed by atoms with Gasteiger partial charge in [-0.25, -0.2) is 0 Å². The standard InChI is InChI=1S/C14H26O4/c1-2-7-12(15)8-5-3-4-6-9-13(16)10-11-14(17)18/h12,15H,2-11H2,1H3,(H,17,18)/t12-/m0/s1. The van der Waals surface area contributed by atoms with Crippen molar-refractivity contribution in [2.24, 2.45) is 0 Å². The Kier molecular flexibility index (Phi) is 10.6. The molecule has 0 aliphatic heterocycles. The Labute approximate surface area is 109 Å². The van der Waals surface area contributed by atoms with Crippen molar-refractivity contribution in [1.29, 1.82) is 0 Å². The smallest absolute Gasteiger partial charge is 0.303 e. The van der Waals surface area contributed by atoms with Crippen LogP contribution in [0.3, 0.4) is 0 Å². The van der Waals surface area contributed by atoms with Crippen molar-refractivity contribution >= 4 is 11.8 Å². The number of hydrogen-bond donors (Lipinski definition) is 2. The molecular weight excluding hydrogens is 232 g/mol. The van der Waals surface area contributed by atoms with Crippen LogP contribution in [0.1, 0.15) is 71.1 Å². The second kappa shape index (κ2) is 11.2. The number of aliphatic hydroxyl groups excluding tert-OH is 1. The fraction of sp³-hybridized carbons (Fsp3) is 0.857. The van der Waals surface area contributed by atoms with E-state index in [0.717, 1.165) is 44.9 Å². The molecule has 0 saturated carbocycles. The van der Waals surface area contributed by atoms with Gasteiger partial charge in [0.2, 0.25) is 0 Å². The molecule has 0 rings (SSSR count). The molecule has 0 aliphatic rings. The fourth-order valence-corrected chi connectivity index (χ4v) is 1.90. The molecular formula is C14H26O4. The average Bonchev–Trinajstić information content (AvgIpc) is 2.31. The van der Waals surface area contributed by atoms with Gasteiger partial charge in [0.05, 0.1) is 12.5 Å². The van der Waals surface area contributed by atoms with Gasteiger partial charge in [-0.3, -0.25) is 9.59 Å². The van der Waals surface area contributed by atoms with Crippen LogP contribution in [-0.2, 0) is 9.59 Å². The summed E-state index contributed by atoms with van der Waals surface area (Å²) in [6, 6.07) is 0. The van der Waals surface area contributed by atoms with Crippen LogP contribution in [0.25, 0.3) is 0 Å². The highest BCUT2D eigenvalue weighted by Crippen LogP contribution is 2.11. The number of Topliss-reactive ketones (excluding diaryl/α,β-unsaturated/α-hetero) is 1. The third kappa shape index (κ3) is 11.6. The first-order valence-corrected chi connectivity index (χ1v) is 6.97. The monoisotopic (exact) mass is 258 g/mol. The molecule has 0 heterocycles. The lowest BCUT2D eigenvalue weighted by Crippen LogP contribution is -2.05. The highest BCUT2D eigenvalue weighted by Gasteiger charge is 2.05. The van der Waals surface area contributed by atoms with E-state index in [1.54, 1.807) is 0 Å². The lowest BCUT2D eigenvalue weighted by atomic mass is 10.0. The third-order valence-corrected chi connectivity index (χ3v) is 2.98. The number of ketones is 1. The van der Waals surface area contributed by atoms with Crippen LogP contribution >= 0.6 is 0 Å². The Balaban J connectivity index is 3.29. The summed E-state index contributed by atoms with van der Waals surface area (Å²) in [6.45, 7) is 2.06. The van der Waals surface area contributed by atoms with Crippen molar-refractivity contribution < 1.29 is 19.8 Å². The van der Waals surface area contributed by atoms with Crippen LogP contribution in [-0.4, -0.2) is 28.1 Å². The second-order valence-electron chi connectivity index (χ2n) is 4.83. The number of rotatable bonds is 12. The van der Waals surface area contributed by atoms with Crippen molar-refractivity contribution in [3.05, 3.63) is 0 Å². The molecule has 18 heavy (non-hydrogen) atoms. The predicted octanol–water partition coefficient (Wildman–Crippen LogP) is 2.92.